The molecule has 0 spiro atoms. The van der Waals surface area contributed by atoms with Crippen LogP contribution >= 0.6 is 0 Å². The third-order valence-corrected chi connectivity index (χ3v) is 6.71. The largest absolute Gasteiger partial charge is 0.462 e. The molecule has 0 amide bonds. The van der Waals surface area contributed by atoms with E-state index in [1.165, 1.54) is 0 Å². The van der Waals surface area contributed by atoms with E-state index in [0.29, 0.717) is 0 Å². The molecule has 3 aliphatic rings. The lowest BCUT2D eigenvalue weighted by Gasteiger charge is -2.34. The SMILES string of the molecule is CC(=O)OC1C2CC(=O)C3C2CC1C3C(=O)OC(C(F)(F)F)C(F)(F)S(=O)(=O)O. The van der Waals surface area contributed by atoms with Crippen LogP contribution < -0.4 is 0 Å². The van der Waals surface area contributed by atoms with Crippen molar-refractivity contribution in [1.82, 2.24) is 0 Å². The van der Waals surface area contributed by atoms with Crippen LogP contribution in [0.25, 0.3) is 0 Å². The molecular weight excluding hydrogens is 435 g/mol. The Kier molecular flexibility index (Phi) is 4.97. The van der Waals surface area contributed by atoms with Crippen LogP contribution in [0.1, 0.15) is 19.8 Å². The predicted octanol–water partition coefficient (Wildman–Crippen LogP) is 1.34. The molecule has 0 aromatic rings. The van der Waals surface area contributed by atoms with Gasteiger partial charge in [0.25, 0.3) is 6.10 Å². The van der Waals surface area contributed by atoms with Crippen LogP contribution in [-0.4, -0.2) is 54.3 Å². The lowest BCUT2D eigenvalue weighted by molar-refractivity contribution is -0.262. The van der Waals surface area contributed by atoms with Gasteiger partial charge in [-0.3, -0.25) is 18.9 Å². The maximum atomic E-state index is 13.7. The van der Waals surface area contributed by atoms with E-state index in [1.54, 1.807) is 0 Å². The van der Waals surface area contributed by atoms with Gasteiger partial charge >= 0.3 is 33.5 Å². The van der Waals surface area contributed by atoms with Crippen LogP contribution in [0.2, 0.25) is 0 Å². The summed E-state index contributed by atoms with van der Waals surface area (Å²) in [6.45, 7) is 1.06. The summed E-state index contributed by atoms with van der Waals surface area (Å²) < 4.78 is 105. The van der Waals surface area contributed by atoms with Crippen molar-refractivity contribution in [3.63, 3.8) is 0 Å². The number of carbonyl (C=O) groups excluding carboxylic acids is 3. The minimum atomic E-state index is -6.58. The Morgan fingerprint density at radius 2 is 1.72 bits per heavy atom. The van der Waals surface area contributed by atoms with E-state index in [1.807, 2.05) is 0 Å². The molecule has 0 radical (unpaired) electrons. The van der Waals surface area contributed by atoms with Crippen LogP contribution in [0.15, 0.2) is 0 Å². The van der Waals surface area contributed by atoms with Crippen molar-refractivity contribution in [1.29, 1.82) is 0 Å². The lowest BCUT2D eigenvalue weighted by atomic mass is 9.78. The molecule has 3 fully saturated rings. The van der Waals surface area contributed by atoms with Gasteiger partial charge in [-0.2, -0.15) is 30.4 Å². The number of alkyl halides is 5. The average molecular weight is 450 g/mol. The van der Waals surface area contributed by atoms with Gasteiger partial charge in [0.1, 0.15) is 11.9 Å². The molecule has 0 saturated heterocycles. The van der Waals surface area contributed by atoms with Crippen molar-refractivity contribution in [3.8, 4) is 0 Å². The van der Waals surface area contributed by atoms with Crippen LogP contribution in [0, 0.1) is 29.6 Å². The van der Waals surface area contributed by atoms with Crippen molar-refractivity contribution in [3.05, 3.63) is 0 Å². The Morgan fingerprint density at radius 1 is 1.14 bits per heavy atom. The van der Waals surface area contributed by atoms with E-state index in [-0.39, 0.29) is 12.8 Å². The molecule has 3 aliphatic carbocycles. The summed E-state index contributed by atoms with van der Waals surface area (Å²) in [6, 6.07) is 0. The fourth-order valence-corrected chi connectivity index (χ4v) is 5.35. The summed E-state index contributed by atoms with van der Waals surface area (Å²) >= 11 is 0. The van der Waals surface area contributed by atoms with Crippen molar-refractivity contribution < 1.29 is 58.8 Å². The molecule has 8 nitrogen and oxygen atoms in total. The van der Waals surface area contributed by atoms with Crippen molar-refractivity contribution in [2.24, 2.45) is 29.6 Å². The number of halogens is 5. The zero-order valence-electron chi connectivity index (χ0n) is 14.6. The van der Waals surface area contributed by atoms with E-state index in [4.69, 9.17) is 9.29 Å². The molecular formula is C15H15F5O8S. The molecule has 0 aromatic carbocycles. The summed E-state index contributed by atoms with van der Waals surface area (Å²) in [6.07, 6.45) is -11.4. The quantitative estimate of drug-likeness (QED) is 0.378. The Labute approximate surface area is 160 Å². The first-order valence-corrected chi connectivity index (χ1v) is 9.83. The van der Waals surface area contributed by atoms with Gasteiger partial charge in [0, 0.05) is 31.1 Å². The first kappa shape index (κ1) is 21.9. The Hall–Kier alpha value is -1.83. The first-order chi connectivity index (χ1) is 13.1. The van der Waals surface area contributed by atoms with Crippen LogP contribution in [0.5, 0.6) is 0 Å². The maximum absolute atomic E-state index is 13.7. The topological polar surface area (TPSA) is 124 Å². The Balaban J connectivity index is 1.91. The van der Waals surface area contributed by atoms with E-state index in [2.05, 4.69) is 4.74 Å². The van der Waals surface area contributed by atoms with Gasteiger partial charge in [-0.05, 0) is 12.3 Å². The Morgan fingerprint density at radius 3 is 2.21 bits per heavy atom. The number of fused-ring (bicyclic) bond motifs is 1. The van der Waals surface area contributed by atoms with Gasteiger partial charge in [-0.15, -0.1) is 0 Å². The highest BCUT2D eigenvalue weighted by Crippen LogP contribution is 2.62. The zero-order chi connectivity index (χ0) is 22.1. The highest BCUT2D eigenvalue weighted by molar-refractivity contribution is 7.86. The summed E-state index contributed by atoms with van der Waals surface area (Å²) in [5, 5.41) is -5.87. The first-order valence-electron chi connectivity index (χ1n) is 8.39. The van der Waals surface area contributed by atoms with Gasteiger partial charge in [-0.1, -0.05) is 0 Å². The fourth-order valence-electron chi connectivity index (χ4n) is 4.90. The highest BCUT2D eigenvalue weighted by Gasteiger charge is 2.70. The van der Waals surface area contributed by atoms with Crippen LogP contribution in [0.3, 0.4) is 0 Å². The van der Waals surface area contributed by atoms with E-state index in [9.17, 15) is 44.8 Å². The molecule has 3 rings (SSSR count). The second-order valence-corrected chi connectivity index (χ2v) is 8.91. The summed E-state index contributed by atoms with van der Waals surface area (Å²) in [5.74, 6) is -7.63. The van der Waals surface area contributed by atoms with Crippen LogP contribution in [0.4, 0.5) is 22.0 Å². The third-order valence-electron chi connectivity index (χ3n) is 5.81. The second kappa shape index (κ2) is 6.59. The van der Waals surface area contributed by atoms with Gasteiger partial charge in [0.2, 0.25) is 0 Å². The zero-order valence-corrected chi connectivity index (χ0v) is 15.4. The van der Waals surface area contributed by atoms with E-state index in [0.717, 1.165) is 6.92 Å². The minimum Gasteiger partial charge on any atom is -0.462 e. The number of hydrogen-bond acceptors (Lipinski definition) is 7. The molecule has 7 unspecified atom stereocenters. The molecule has 0 heterocycles. The van der Waals surface area contributed by atoms with Crippen LogP contribution in [-0.2, 0) is 34.0 Å². The third kappa shape index (κ3) is 3.39. The number of ketones is 1. The summed E-state index contributed by atoms with van der Waals surface area (Å²) in [4.78, 5) is 35.9. The number of ether oxygens (including phenoxy) is 2. The lowest BCUT2D eigenvalue weighted by Crippen LogP contribution is -2.53. The molecule has 14 heteroatoms. The van der Waals surface area contributed by atoms with Gasteiger partial charge in [-0.25, -0.2) is 0 Å². The van der Waals surface area contributed by atoms with E-state index >= 15 is 0 Å². The highest BCUT2D eigenvalue weighted by atomic mass is 32.2. The molecule has 164 valence electrons. The minimum absolute atomic E-state index is 0.0859. The fraction of sp³-hybridized carbons (Fsp3) is 0.800. The number of esters is 2. The predicted molar refractivity (Wildman–Crippen MR) is 79.7 cm³/mol. The smallest absolute Gasteiger partial charge is 0.432 e. The molecule has 0 aliphatic heterocycles. The number of Topliss-reactive ketones (excluding diaryl/α,β-unsaturated/α-hetero) is 1. The van der Waals surface area contributed by atoms with Gasteiger partial charge in [0.15, 0.2) is 0 Å². The van der Waals surface area contributed by atoms with Crippen molar-refractivity contribution in [2.75, 3.05) is 0 Å². The molecule has 3 saturated carbocycles. The monoisotopic (exact) mass is 450 g/mol. The standard InChI is InChI=1S/C15H15F5O8S/c1-4(21)27-11-6-3-8(22)9-5(6)2-7(11)10(9)12(23)28-13(14(16,17)18)15(19,20)29(24,25)26/h5-7,9-11,13H,2-3H2,1H3,(H,24,25,26). The number of rotatable bonds is 5. The second-order valence-electron chi connectivity index (χ2n) is 7.42. The summed E-state index contributed by atoms with van der Waals surface area (Å²) in [5.41, 5.74) is 0. The molecule has 1 N–H and O–H groups in total. The summed E-state index contributed by atoms with van der Waals surface area (Å²) in [7, 11) is -6.58. The average Bonchev–Trinajstić information content (AvgIpc) is 3.13. The van der Waals surface area contributed by atoms with Crippen molar-refractivity contribution >= 4 is 27.8 Å². The van der Waals surface area contributed by atoms with E-state index < -0.39 is 81.1 Å². The molecule has 29 heavy (non-hydrogen) atoms. The molecule has 7 atom stereocenters. The van der Waals surface area contributed by atoms with Gasteiger partial charge in [0.05, 0.1) is 5.92 Å². The van der Waals surface area contributed by atoms with Crippen molar-refractivity contribution in [2.45, 2.75) is 43.4 Å². The number of carbonyl (C=O) groups is 3. The maximum Gasteiger partial charge on any atom is 0.432 e. The normalized spacial score (nSPS) is 34.9. The Bertz CT molecular complexity index is 853. The number of hydrogen-bond donors (Lipinski definition) is 1. The molecule has 2 bridgehead atoms. The molecule has 0 aromatic heterocycles. The van der Waals surface area contributed by atoms with Gasteiger partial charge < -0.3 is 9.47 Å².